The number of carbonyl (C=O) groups is 1. The van der Waals surface area contributed by atoms with Crippen LogP contribution in [0.2, 0.25) is 5.02 Å². The molecule has 0 aliphatic carbocycles. The number of halogens is 1. The fourth-order valence-corrected chi connectivity index (χ4v) is 4.45. The molecular formula is C16H16ClN3O3S. The number of benzene rings is 1. The van der Waals surface area contributed by atoms with Gasteiger partial charge in [0.05, 0.1) is 16.5 Å². The van der Waals surface area contributed by atoms with Crippen LogP contribution in [0.1, 0.15) is 23.2 Å². The SMILES string of the molecule is O=C(Nc1ccccn1)c1ccc(Cl)c(N2CCCCS2(=O)=O)c1. The number of nitrogens with one attached hydrogen (secondary N) is 1. The minimum Gasteiger partial charge on any atom is -0.307 e. The van der Waals surface area contributed by atoms with Gasteiger partial charge >= 0.3 is 0 Å². The van der Waals surface area contributed by atoms with Gasteiger partial charge in [-0.25, -0.2) is 13.4 Å². The highest BCUT2D eigenvalue weighted by molar-refractivity contribution is 7.92. The van der Waals surface area contributed by atoms with Gasteiger partial charge in [0, 0.05) is 18.3 Å². The van der Waals surface area contributed by atoms with Crippen molar-refractivity contribution in [3.05, 3.63) is 53.2 Å². The molecule has 2 heterocycles. The summed E-state index contributed by atoms with van der Waals surface area (Å²) in [6, 6.07) is 9.77. The highest BCUT2D eigenvalue weighted by Gasteiger charge is 2.28. The lowest BCUT2D eigenvalue weighted by Crippen LogP contribution is -2.38. The van der Waals surface area contributed by atoms with Crippen molar-refractivity contribution in [1.82, 2.24) is 4.98 Å². The predicted octanol–water partition coefficient (Wildman–Crippen LogP) is 2.92. The van der Waals surface area contributed by atoms with Gasteiger partial charge in [0.2, 0.25) is 10.0 Å². The second-order valence-electron chi connectivity index (χ2n) is 5.43. The lowest BCUT2D eigenvalue weighted by atomic mass is 10.1. The summed E-state index contributed by atoms with van der Waals surface area (Å²) >= 11 is 6.17. The quantitative estimate of drug-likeness (QED) is 0.906. The highest BCUT2D eigenvalue weighted by Crippen LogP contribution is 2.31. The Kier molecular flexibility index (Phi) is 4.73. The van der Waals surface area contributed by atoms with Crippen molar-refractivity contribution in [1.29, 1.82) is 0 Å². The molecule has 1 N–H and O–H groups in total. The van der Waals surface area contributed by atoms with Gasteiger partial charge in [0.1, 0.15) is 5.82 Å². The van der Waals surface area contributed by atoms with Crippen LogP contribution in [0.4, 0.5) is 11.5 Å². The van der Waals surface area contributed by atoms with Crippen LogP contribution in [0, 0.1) is 0 Å². The van der Waals surface area contributed by atoms with Crippen molar-refractivity contribution in [3.63, 3.8) is 0 Å². The first-order valence-electron chi connectivity index (χ1n) is 7.50. The molecule has 24 heavy (non-hydrogen) atoms. The number of hydrogen-bond donors (Lipinski definition) is 1. The number of amides is 1. The van der Waals surface area contributed by atoms with Crippen LogP contribution in [0.3, 0.4) is 0 Å². The Morgan fingerprint density at radius 3 is 2.75 bits per heavy atom. The molecule has 3 rings (SSSR count). The summed E-state index contributed by atoms with van der Waals surface area (Å²) < 4.78 is 25.8. The van der Waals surface area contributed by atoms with Crippen molar-refractivity contribution < 1.29 is 13.2 Å². The van der Waals surface area contributed by atoms with E-state index in [-0.39, 0.29) is 11.7 Å². The minimum absolute atomic E-state index is 0.0910. The maximum atomic E-state index is 12.4. The number of sulfonamides is 1. The summed E-state index contributed by atoms with van der Waals surface area (Å²) in [4.78, 5) is 16.4. The average Bonchev–Trinajstić information content (AvgIpc) is 2.56. The van der Waals surface area contributed by atoms with Crippen LogP contribution in [-0.2, 0) is 10.0 Å². The zero-order valence-corrected chi connectivity index (χ0v) is 14.3. The van der Waals surface area contributed by atoms with Crippen LogP contribution in [-0.4, -0.2) is 31.6 Å². The van der Waals surface area contributed by atoms with Gasteiger partial charge in [-0.05, 0) is 43.2 Å². The van der Waals surface area contributed by atoms with Crippen LogP contribution in [0.15, 0.2) is 42.6 Å². The molecule has 1 amide bonds. The number of nitrogens with zero attached hydrogens (tertiary/aromatic N) is 2. The third-order valence-electron chi connectivity index (χ3n) is 3.73. The minimum atomic E-state index is -3.40. The molecule has 0 radical (unpaired) electrons. The topological polar surface area (TPSA) is 79.4 Å². The molecule has 0 spiro atoms. The molecule has 1 aromatic heterocycles. The molecule has 2 aromatic rings. The van der Waals surface area contributed by atoms with E-state index < -0.39 is 10.0 Å². The summed E-state index contributed by atoms with van der Waals surface area (Å²) in [7, 11) is -3.40. The molecule has 1 aliphatic heterocycles. The van der Waals surface area contributed by atoms with E-state index in [0.29, 0.717) is 35.1 Å². The van der Waals surface area contributed by atoms with E-state index >= 15 is 0 Å². The number of pyridine rings is 1. The fraction of sp³-hybridized carbons (Fsp3) is 0.250. The lowest BCUT2D eigenvalue weighted by molar-refractivity contribution is 0.102. The van der Waals surface area contributed by atoms with Gasteiger partial charge in [-0.1, -0.05) is 17.7 Å². The Balaban J connectivity index is 1.90. The molecule has 1 saturated heterocycles. The molecule has 0 atom stereocenters. The molecule has 1 aliphatic rings. The normalized spacial score (nSPS) is 16.6. The van der Waals surface area contributed by atoms with Crippen molar-refractivity contribution in [3.8, 4) is 0 Å². The second-order valence-corrected chi connectivity index (χ2v) is 7.85. The molecular weight excluding hydrogens is 350 g/mol. The largest absolute Gasteiger partial charge is 0.307 e. The van der Waals surface area contributed by atoms with E-state index in [1.165, 1.54) is 16.4 Å². The van der Waals surface area contributed by atoms with Gasteiger partial charge in [-0.3, -0.25) is 9.10 Å². The Morgan fingerprint density at radius 1 is 1.21 bits per heavy atom. The predicted molar refractivity (Wildman–Crippen MR) is 94.0 cm³/mol. The first-order chi connectivity index (χ1) is 11.5. The molecule has 6 nitrogen and oxygen atoms in total. The van der Waals surface area contributed by atoms with Gasteiger partial charge in [-0.2, -0.15) is 0 Å². The van der Waals surface area contributed by atoms with Crippen molar-refractivity contribution in [2.45, 2.75) is 12.8 Å². The summed E-state index contributed by atoms with van der Waals surface area (Å²) in [6.07, 6.45) is 2.97. The van der Waals surface area contributed by atoms with Crippen molar-refractivity contribution in [2.75, 3.05) is 21.9 Å². The van der Waals surface area contributed by atoms with Crippen LogP contribution in [0.25, 0.3) is 0 Å². The van der Waals surface area contributed by atoms with Crippen LogP contribution >= 0.6 is 11.6 Å². The monoisotopic (exact) mass is 365 g/mol. The van der Waals surface area contributed by atoms with E-state index in [1.807, 2.05) is 0 Å². The molecule has 126 valence electrons. The third kappa shape index (κ3) is 3.52. The molecule has 1 aromatic carbocycles. The summed E-state index contributed by atoms with van der Waals surface area (Å²) in [5.41, 5.74) is 0.658. The Hall–Kier alpha value is -2.12. The zero-order valence-electron chi connectivity index (χ0n) is 12.8. The highest BCUT2D eigenvalue weighted by atomic mass is 35.5. The van der Waals surface area contributed by atoms with E-state index in [9.17, 15) is 13.2 Å². The summed E-state index contributed by atoms with van der Waals surface area (Å²) in [5, 5.41) is 2.97. The first kappa shape index (κ1) is 16.7. The third-order valence-corrected chi connectivity index (χ3v) is 5.91. The fourth-order valence-electron chi connectivity index (χ4n) is 2.53. The van der Waals surface area contributed by atoms with Crippen molar-refractivity contribution in [2.24, 2.45) is 0 Å². The smallest absolute Gasteiger partial charge is 0.256 e. The van der Waals surface area contributed by atoms with Gasteiger partial charge in [-0.15, -0.1) is 0 Å². The number of anilines is 2. The van der Waals surface area contributed by atoms with Gasteiger partial charge in [0.15, 0.2) is 0 Å². The van der Waals surface area contributed by atoms with Gasteiger partial charge < -0.3 is 5.32 Å². The van der Waals surface area contributed by atoms with E-state index in [0.717, 1.165) is 6.42 Å². The van der Waals surface area contributed by atoms with E-state index in [2.05, 4.69) is 10.3 Å². The number of aromatic nitrogens is 1. The van der Waals surface area contributed by atoms with E-state index in [1.54, 1.807) is 30.5 Å². The Morgan fingerprint density at radius 2 is 2.04 bits per heavy atom. The summed E-state index contributed by atoms with van der Waals surface area (Å²) in [5.74, 6) is 0.138. The molecule has 0 bridgehead atoms. The Labute approximate surface area is 145 Å². The molecule has 0 unspecified atom stereocenters. The standard InChI is InChI=1S/C16H16ClN3O3S/c17-13-7-6-12(16(21)19-15-5-1-2-8-18-15)11-14(13)20-9-3-4-10-24(20,22)23/h1-2,5-8,11H,3-4,9-10H2,(H,18,19,21). The maximum absolute atomic E-state index is 12.4. The molecule has 1 fully saturated rings. The van der Waals surface area contributed by atoms with Gasteiger partial charge in [0.25, 0.3) is 5.91 Å². The first-order valence-corrected chi connectivity index (χ1v) is 9.48. The maximum Gasteiger partial charge on any atom is 0.256 e. The Bertz CT molecular complexity index is 856. The number of hydrogen-bond acceptors (Lipinski definition) is 4. The van der Waals surface area contributed by atoms with Crippen molar-refractivity contribution >= 4 is 39.0 Å². The van der Waals surface area contributed by atoms with E-state index in [4.69, 9.17) is 11.6 Å². The molecule has 0 saturated carbocycles. The van der Waals surface area contributed by atoms with Crippen LogP contribution in [0.5, 0.6) is 0 Å². The van der Waals surface area contributed by atoms with Crippen LogP contribution < -0.4 is 9.62 Å². The summed E-state index contributed by atoms with van der Waals surface area (Å²) in [6.45, 7) is 0.368. The second kappa shape index (κ2) is 6.78. The lowest BCUT2D eigenvalue weighted by Gasteiger charge is -2.29. The zero-order chi connectivity index (χ0) is 17.2. The number of rotatable bonds is 3. The average molecular weight is 366 g/mol. The number of carbonyl (C=O) groups excluding carboxylic acids is 1. The molecule has 8 heteroatoms.